The maximum Gasteiger partial charge on any atom is 0.248 e. The van der Waals surface area contributed by atoms with Crippen LogP contribution in [-0.4, -0.2) is 67.8 Å². The first-order valence-corrected chi connectivity index (χ1v) is 8.75. The SMILES string of the molecule is Cc1ccc(CN2CC[C@@H]3O[C@H](COCC(=O)N(C)C)CC[C@@H]32)o1. The molecule has 134 valence electrons. The van der Waals surface area contributed by atoms with Crippen molar-refractivity contribution >= 4 is 5.91 Å². The Balaban J connectivity index is 1.44. The summed E-state index contributed by atoms with van der Waals surface area (Å²) in [6.07, 6.45) is 3.52. The lowest BCUT2D eigenvalue weighted by Crippen LogP contribution is -2.43. The summed E-state index contributed by atoms with van der Waals surface area (Å²) < 4.78 is 17.4. The van der Waals surface area contributed by atoms with E-state index >= 15 is 0 Å². The number of carbonyl (C=O) groups is 1. The van der Waals surface area contributed by atoms with Crippen LogP contribution in [-0.2, 0) is 20.8 Å². The number of ether oxygens (including phenoxy) is 2. The molecule has 0 unspecified atom stereocenters. The first-order chi connectivity index (χ1) is 11.5. The van der Waals surface area contributed by atoms with Crippen molar-refractivity contribution < 1.29 is 18.7 Å². The Labute approximate surface area is 143 Å². The Morgan fingerprint density at radius 2 is 2.17 bits per heavy atom. The molecular formula is C18H28N2O4. The maximum atomic E-state index is 11.5. The summed E-state index contributed by atoms with van der Waals surface area (Å²) in [5, 5.41) is 0. The number of hydrogen-bond acceptors (Lipinski definition) is 5. The van der Waals surface area contributed by atoms with Gasteiger partial charge in [0.25, 0.3) is 0 Å². The molecule has 1 aromatic heterocycles. The Hall–Kier alpha value is -1.37. The van der Waals surface area contributed by atoms with Crippen LogP contribution >= 0.6 is 0 Å². The lowest BCUT2D eigenvalue weighted by Gasteiger charge is -2.35. The molecule has 0 radical (unpaired) electrons. The zero-order valence-electron chi connectivity index (χ0n) is 14.9. The van der Waals surface area contributed by atoms with E-state index in [0.29, 0.717) is 12.6 Å². The molecule has 2 aliphatic heterocycles. The first-order valence-electron chi connectivity index (χ1n) is 8.75. The van der Waals surface area contributed by atoms with Gasteiger partial charge in [0.15, 0.2) is 0 Å². The lowest BCUT2D eigenvalue weighted by atomic mass is 9.99. The Morgan fingerprint density at radius 3 is 2.88 bits per heavy atom. The topological polar surface area (TPSA) is 55.2 Å². The van der Waals surface area contributed by atoms with Crippen LogP contribution < -0.4 is 0 Å². The van der Waals surface area contributed by atoms with Gasteiger partial charge in [0.05, 0.1) is 25.4 Å². The van der Waals surface area contributed by atoms with Crippen LogP contribution in [0.3, 0.4) is 0 Å². The van der Waals surface area contributed by atoms with E-state index in [0.717, 1.165) is 43.9 Å². The van der Waals surface area contributed by atoms with Gasteiger partial charge in [-0.2, -0.15) is 0 Å². The number of aryl methyl sites for hydroxylation is 1. The number of furan rings is 1. The van der Waals surface area contributed by atoms with Gasteiger partial charge in [0.1, 0.15) is 18.1 Å². The molecule has 6 heteroatoms. The quantitative estimate of drug-likeness (QED) is 0.793. The number of rotatable bonds is 6. The second-order valence-electron chi connectivity index (χ2n) is 7.02. The van der Waals surface area contributed by atoms with Crippen molar-refractivity contribution in [2.45, 2.75) is 51.0 Å². The number of likely N-dealkylation sites (tertiary alicyclic amines) is 1. The van der Waals surface area contributed by atoms with E-state index in [9.17, 15) is 4.79 Å². The molecule has 24 heavy (non-hydrogen) atoms. The molecule has 0 aliphatic carbocycles. The van der Waals surface area contributed by atoms with Crippen molar-refractivity contribution in [3.63, 3.8) is 0 Å². The van der Waals surface area contributed by atoms with Crippen molar-refractivity contribution in [1.29, 1.82) is 0 Å². The minimum Gasteiger partial charge on any atom is -0.465 e. The highest BCUT2D eigenvalue weighted by molar-refractivity contribution is 5.76. The summed E-state index contributed by atoms with van der Waals surface area (Å²) in [7, 11) is 3.47. The number of fused-ring (bicyclic) bond motifs is 1. The van der Waals surface area contributed by atoms with E-state index in [1.165, 1.54) is 0 Å². The van der Waals surface area contributed by atoms with Crippen LogP contribution in [0.5, 0.6) is 0 Å². The number of nitrogens with zero attached hydrogens (tertiary/aromatic N) is 2. The molecule has 0 bridgehead atoms. The number of likely N-dealkylation sites (N-methyl/N-ethyl adjacent to an activating group) is 1. The molecule has 0 N–H and O–H groups in total. The molecule has 2 fully saturated rings. The fourth-order valence-electron chi connectivity index (χ4n) is 3.58. The van der Waals surface area contributed by atoms with Gasteiger partial charge in [-0.05, 0) is 38.3 Å². The second-order valence-corrected chi connectivity index (χ2v) is 7.02. The standard InChI is InChI=1S/C18H28N2O4/c1-13-4-5-14(23-13)10-20-9-8-17-16(20)7-6-15(24-17)11-22-12-18(21)19(2)3/h4-5,15-17H,6-12H2,1-3H3/t15-,16-,17-/m0/s1. The number of hydrogen-bond donors (Lipinski definition) is 0. The molecule has 0 saturated carbocycles. The largest absolute Gasteiger partial charge is 0.465 e. The first kappa shape index (κ1) is 17.5. The molecule has 3 heterocycles. The summed E-state index contributed by atoms with van der Waals surface area (Å²) in [4.78, 5) is 15.5. The smallest absolute Gasteiger partial charge is 0.248 e. The van der Waals surface area contributed by atoms with E-state index in [1.54, 1.807) is 19.0 Å². The summed E-state index contributed by atoms with van der Waals surface area (Å²) in [5.74, 6) is 1.98. The van der Waals surface area contributed by atoms with Gasteiger partial charge >= 0.3 is 0 Å². The molecular weight excluding hydrogens is 308 g/mol. The number of carbonyl (C=O) groups excluding carboxylic acids is 1. The van der Waals surface area contributed by atoms with E-state index < -0.39 is 0 Å². The van der Waals surface area contributed by atoms with Crippen LogP contribution in [0.2, 0.25) is 0 Å². The Bertz CT molecular complexity index is 557. The monoisotopic (exact) mass is 336 g/mol. The molecule has 0 spiro atoms. The van der Waals surface area contributed by atoms with Gasteiger partial charge in [0, 0.05) is 26.7 Å². The van der Waals surface area contributed by atoms with Crippen LogP contribution in [0.25, 0.3) is 0 Å². The van der Waals surface area contributed by atoms with Crippen LogP contribution in [0.15, 0.2) is 16.5 Å². The highest BCUT2D eigenvalue weighted by atomic mass is 16.5. The predicted octanol–water partition coefficient (Wildman–Crippen LogP) is 1.81. The van der Waals surface area contributed by atoms with Gasteiger partial charge < -0.3 is 18.8 Å². The van der Waals surface area contributed by atoms with Crippen LogP contribution in [0, 0.1) is 6.92 Å². The minimum absolute atomic E-state index is 0.00975. The van der Waals surface area contributed by atoms with Crippen molar-refractivity contribution in [3.8, 4) is 0 Å². The number of amides is 1. The van der Waals surface area contributed by atoms with E-state index in [4.69, 9.17) is 13.9 Å². The molecule has 2 aliphatic rings. The zero-order valence-corrected chi connectivity index (χ0v) is 14.9. The molecule has 0 aromatic carbocycles. The highest BCUT2D eigenvalue weighted by Crippen LogP contribution is 2.32. The Kier molecular flexibility index (Phi) is 5.58. The summed E-state index contributed by atoms with van der Waals surface area (Å²) in [6.45, 7) is 4.51. The van der Waals surface area contributed by atoms with Crippen LogP contribution in [0.4, 0.5) is 0 Å². The third-order valence-corrected chi connectivity index (χ3v) is 4.93. The lowest BCUT2D eigenvalue weighted by molar-refractivity contribution is -0.138. The van der Waals surface area contributed by atoms with Crippen LogP contribution in [0.1, 0.15) is 30.8 Å². The van der Waals surface area contributed by atoms with E-state index in [-0.39, 0.29) is 24.7 Å². The fraction of sp³-hybridized carbons (Fsp3) is 0.722. The minimum atomic E-state index is -0.00975. The van der Waals surface area contributed by atoms with Crippen molar-refractivity contribution in [1.82, 2.24) is 9.80 Å². The van der Waals surface area contributed by atoms with Crippen molar-refractivity contribution in [2.75, 3.05) is 33.9 Å². The molecule has 3 atom stereocenters. The molecule has 1 amide bonds. The van der Waals surface area contributed by atoms with E-state index in [2.05, 4.69) is 11.0 Å². The van der Waals surface area contributed by atoms with Crippen molar-refractivity contribution in [2.24, 2.45) is 0 Å². The molecule has 6 nitrogen and oxygen atoms in total. The fourth-order valence-corrected chi connectivity index (χ4v) is 3.58. The molecule has 1 aromatic rings. The predicted molar refractivity (Wildman–Crippen MR) is 89.7 cm³/mol. The zero-order chi connectivity index (χ0) is 17.1. The average Bonchev–Trinajstić information content (AvgIpc) is 3.14. The van der Waals surface area contributed by atoms with Crippen molar-refractivity contribution in [3.05, 3.63) is 23.7 Å². The van der Waals surface area contributed by atoms with Gasteiger partial charge in [-0.15, -0.1) is 0 Å². The van der Waals surface area contributed by atoms with Gasteiger partial charge in [-0.3, -0.25) is 9.69 Å². The third kappa shape index (κ3) is 4.18. The normalized spacial score (nSPS) is 27.2. The maximum absolute atomic E-state index is 11.5. The van der Waals surface area contributed by atoms with Gasteiger partial charge in [-0.25, -0.2) is 0 Å². The van der Waals surface area contributed by atoms with E-state index in [1.807, 2.05) is 13.0 Å². The highest BCUT2D eigenvalue weighted by Gasteiger charge is 2.40. The van der Waals surface area contributed by atoms with Gasteiger partial charge in [-0.1, -0.05) is 0 Å². The summed E-state index contributed by atoms with van der Waals surface area (Å²) in [5.41, 5.74) is 0. The average molecular weight is 336 g/mol. The summed E-state index contributed by atoms with van der Waals surface area (Å²) in [6, 6.07) is 4.54. The molecule has 3 rings (SSSR count). The third-order valence-electron chi connectivity index (χ3n) is 4.93. The summed E-state index contributed by atoms with van der Waals surface area (Å²) >= 11 is 0. The molecule has 2 saturated heterocycles. The Morgan fingerprint density at radius 1 is 1.33 bits per heavy atom. The second kappa shape index (κ2) is 7.68. The van der Waals surface area contributed by atoms with Gasteiger partial charge in [0.2, 0.25) is 5.91 Å².